The van der Waals surface area contributed by atoms with E-state index in [1.807, 2.05) is 36.4 Å². The Bertz CT molecular complexity index is 1530. The van der Waals surface area contributed by atoms with Gasteiger partial charge in [-0.15, -0.1) is 0 Å². The number of hydrogen-bond acceptors (Lipinski definition) is 6. The first-order chi connectivity index (χ1) is 18.9. The molecule has 0 aromatic heterocycles. The van der Waals surface area contributed by atoms with Crippen LogP contribution >= 0.6 is 22.6 Å². The lowest BCUT2D eigenvalue weighted by molar-refractivity contribution is -0.384. The third-order valence-electron chi connectivity index (χ3n) is 5.53. The number of benzene rings is 4. The zero-order valence-electron chi connectivity index (χ0n) is 20.5. The summed E-state index contributed by atoms with van der Waals surface area (Å²) in [4.78, 5) is 23.1. The molecule has 0 radical (unpaired) electrons. The molecule has 4 rings (SSSR count). The molecule has 0 aliphatic rings. The number of carbonyl (C=O) groups is 1. The van der Waals surface area contributed by atoms with Gasteiger partial charge in [-0.05, 0) is 93.9 Å². The van der Waals surface area contributed by atoms with Crippen molar-refractivity contribution in [2.75, 3.05) is 5.32 Å². The maximum absolute atomic E-state index is 12.7. The maximum atomic E-state index is 12.7. The van der Waals surface area contributed by atoms with Gasteiger partial charge in [-0.25, -0.2) is 0 Å². The van der Waals surface area contributed by atoms with Gasteiger partial charge in [-0.3, -0.25) is 14.9 Å². The second-order valence-electron chi connectivity index (χ2n) is 8.32. The minimum absolute atomic E-state index is 0.0201. The Balaban J connectivity index is 1.34. The number of amides is 1. The van der Waals surface area contributed by atoms with E-state index < -0.39 is 10.8 Å². The molecule has 0 unspecified atom stereocenters. The average Bonchev–Trinajstić information content (AvgIpc) is 2.95. The van der Waals surface area contributed by atoms with E-state index in [2.05, 4.69) is 27.9 Å². The first-order valence-electron chi connectivity index (χ1n) is 11.8. The molecule has 0 aliphatic carbocycles. The van der Waals surface area contributed by atoms with Crippen LogP contribution in [0, 0.1) is 25.0 Å². The molecule has 9 heteroatoms. The van der Waals surface area contributed by atoms with Crippen LogP contribution in [0.4, 0.5) is 11.4 Å². The fourth-order valence-corrected chi connectivity index (χ4v) is 4.18. The van der Waals surface area contributed by atoms with Gasteiger partial charge in [0.1, 0.15) is 36.4 Å². The summed E-state index contributed by atoms with van der Waals surface area (Å²) in [5.74, 6) is 0.756. The third-order valence-corrected chi connectivity index (χ3v) is 6.38. The first-order valence-corrected chi connectivity index (χ1v) is 12.8. The van der Waals surface area contributed by atoms with E-state index in [0.717, 1.165) is 14.7 Å². The highest BCUT2D eigenvalue weighted by Crippen LogP contribution is 2.25. The molecule has 0 heterocycles. The lowest BCUT2D eigenvalue weighted by Gasteiger charge is -2.10. The number of nitro groups is 1. The van der Waals surface area contributed by atoms with Gasteiger partial charge in [-0.2, -0.15) is 5.26 Å². The SMILES string of the molecule is N#C/C(=C\c1ccc(OCc2ccc([N+](=O)[O-])cc2)c(I)c1)C(=O)Nc1ccc(OCc2ccccc2)cc1. The van der Waals surface area contributed by atoms with Crippen LogP contribution in [0.5, 0.6) is 11.5 Å². The normalized spacial score (nSPS) is 10.8. The standard InChI is InChI=1S/C30H22IN3O5/c31-28-17-23(8-15-29(28)39-20-22-6-11-26(12-7-22)34(36)37)16-24(18-32)30(35)33-25-9-13-27(14-10-25)38-19-21-4-2-1-3-5-21/h1-17H,19-20H2,(H,33,35)/b24-16+. The van der Waals surface area contributed by atoms with Crippen LogP contribution in [0.2, 0.25) is 0 Å². The number of nitrogens with zero attached hydrogens (tertiary/aromatic N) is 2. The van der Waals surface area contributed by atoms with Crippen molar-refractivity contribution in [1.82, 2.24) is 0 Å². The number of nitro benzene ring substituents is 1. The smallest absolute Gasteiger partial charge is 0.269 e. The molecule has 4 aromatic rings. The average molecular weight is 631 g/mol. The quantitative estimate of drug-likeness (QED) is 0.0670. The summed E-state index contributed by atoms with van der Waals surface area (Å²) in [6, 6.07) is 30.2. The minimum Gasteiger partial charge on any atom is -0.489 e. The Morgan fingerprint density at radius 2 is 1.59 bits per heavy atom. The number of hydrogen-bond donors (Lipinski definition) is 1. The number of non-ortho nitro benzene ring substituents is 1. The van der Waals surface area contributed by atoms with Gasteiger partial charge in [0.15, 0.2) is 0 Å². The maximum Gasteiger partial charge on any atom is 0.269 e. The molecule has 0 fully saturated rings. The van der Waals surface area contributed by atoms with Crippen LogP contribution in [0.15, 0.2) is 103 Å². The number of anilines is 1. The van der Waals surface area contributed by atoms with Crippen molar-refractivity contribution in [2.45, 2.75) is 13.2 Å². The largest absolute Gasteiger partial charge is 0.489 e. The Morgan fingerprint density at radius 3 is 2.23 bits per heavy atom. The van der Waals surface area contributed by atoms with E-state index >= 15 is 0 Å². The molecule has 0 saturated carbocycles. The highest BCUT2D eigenvalue weighted by Gasteiger charge is 2.11. The van der Waals surface area contributed by atoms with Crippen molar-refractivity contribution in [1.29, 1.82) is 5.26 Å². The molecule has 8 nitrogen and oxygen atoms in total. The molecule has 0 aliphatic heterocycles. The molecule has 194 valence electrons. The number of rotatable bonds is 10. The second-order valence-corrected chi connectivity index (χ2v) is 9.49. The molecule has 39 heavy (non-hydrogen) atoms. The summed E-state index contributed by atoms with van der Waals surface area (Å²) in [5.41, 5.74) is 3.02. The topological polar surface area (TPSA) is 114 Å². The van der Waals surface area contributed by atoms with E-state index in [9.17, 15) is 20.2 Å². The number of carbonyl (C=O) groups excluding carboxylic acids is 1. The number of ether oxygens (including phenoxy) is 2. The van der Waals surface area contributed by atoms with Crippen molar-refractivity contribution in [3.63, 3.8) is 0 Å². The van der Waals surface area contributed by atoms with E-state index in [1.54, 1.807) is 54.6 Å². The van der Waals surface area contributed by atoms with Crippen molar-refractivity contribution in [3.05, 3.63) is 133 Å². The van der Waals surface area contributed by atoms with Gasteiger partial charge >= 0.3 is 0 Å². The lowest BCUT2D eigenvalue weighted by atomic mass is 10.1. The zero-order valence-corrected chi connectivity index (χ0v) is 22.7. The van der Waals surface area contributed by atoms with Crippen molar-refractivity contribution < 1.29 is 19.2 Å². The first kappa shape index (κ1) is 27.3. The van der Waals surface area contributed by atoms with Crippen molar-refractivity contribution >= 4 is 45.9 Å². The summed E-state index contributed by atoms with van der Waals surface area (Å²) in [6.07, 6.45) is 1.51. The van der Waals surface area contributed by atoms with Gasteiger partial charge in [0, 0.05) is 17.8 Å². The summed E-state index contributed by atoms with van der Waals surface area (Å²) >= 11 is 2.11. The molecule has 0 spiro atoms. The fourth-order valence-electron chi connectivity index (χ4n) is 3.49. The van der Waals surface area contributed by atoms with Crippen molar-refractivity contribution in [3.8, 4) is 17.6 Å². The molecule has 0 bridgehead atoms. The van der Waals surface area contributed by atoms with E-state index in [1.165, 1.54) is 18.2 Å². The molecule has 1 N–H and O–H groups in total. The minimum atomic E-state index is -0.524. The van der Waals surface area contributed by atoms with Gasteiger partial charge < -0.3 is 14.8 Å². The van der Waals surface area contributed by atoms with E-state index in [-0.39, 0.29) is 17.9 Å². The summed E-state index contributed by atoms with van der Waals surface area (Å²) in [7, 11) is 0. The highest BCUT2D eigenvalue weighted by molar-refractivity contribution is 14.1. The Labute approximate surface area is 238 Å². The van der Waals surface area contributed by atoms with Gasteiger partial charge in [0.05, 0.1) is 8.49 Å². The fraction of sp³-hybridized carbons (Fsp3) is 0.0667. The van der Waals surface area contributed by atoms with Crippen LogP contribution in [0.25, 0.3) is 6.08 Å². The van der Waals surface area contributed by atoms with E-state index in [0.29, 0.717) is 29.4 Å². The van der Waals surface area contributed by atoms with Crippen molar-refractivity contribution in [2.24, 2.45) is 0 Å². The summed E-state index contributed by atoms with van der Waals surface area (Å²) in [6.45, 7) is 0.679. The van der Waals surface area contributed by atoms with Gasteiger partial charge in [0.2, 0.25) is 0 Å². The second kappa shape index (κ2) is 13.2. The number of halogens is 1. The predicted molar refractivity (Wildman–Crippen MR) is 156 cm³/mol. The highest BCUT2D eigenvalue weighted by atomic mass is 127. The lowest BCUT2D eigenvalue weighted by Crippen LogP contribution is -2.13. The zero-order chi connectivity index (χ0) is 27.6. The van der Waals surface area contributed by atoms with Crippen LogP contribution < -0.4 is 14.8 Å². The molecule has 1 amide bonds. The van der Waals surface area contributed by atoms with E-state index in [4.69, 9.17) is 9.47 Å². The molecule has 4 aromatic carbocycles. The molecular formula is C30H22IN3O5. The third kappa shape index (κ3) is 7.90. The Morgan fingerprint density at radius 1 is 0.923 bits per heavy atom. The van der Waals surface area contributed by atoms with Gasteiger partial charge in [0.25, 0.3) is 11.6 Å². The predicted octanol–water partition coefficient (Wildman–Crippen LogP) is 6.90. The summed E-state index contributed by atoms with van der Waals surface area (Å²) < 4.78 is 12.4. The summed E-state index contributed by atoms with van der Waals surface area (Å²) in [5, 5.41) is 23.1. The molecular weight excluding hydrogens is 609 g/mol. The molecule has 0 saturated heterocycles. The van der Waals surface area contributed by atoms with Crippen LogP contribution in [0.1, 0.15) is 16.7 Å². The van der Waals surface area contributed by atoms with Crippen LogP contribution in [-0.4, -0.2) is 10.8 Å². The number of nitriles is 1. The Kier molecular flexibility index (Phi) is 9.26. The Hall–Kier alpha value is -4.69. The number of nitrogens with one attached hydrogen (secondary N) is 1. The van der Waals surface area contributed by atoms with Gasteiger partial charge in [-0.1, -0.05) is 36.4 Å². The monoisotopic (exact) mass is 631 g/mol. The van der Waals surface area contributed by atoms with Crippen LogP contribution in [-0.2, 0) is 18.0 Å². The molecule has 0 atom stereocenters. The van der Waals surface area contributed by atoms with Crippen LogP contribution in [0.3, 0.4) is 0 Å².